The zero-order valence-corrected chi connectivity index (χ0v) is 15.1. The number of carbonyl (C=O) groups is 2. The van der Waals surface area contributed by atoms with E-state index in [9.17, 15) is 18.0 Å². The predicted octanol–water partition coefficient (Wildman–Crippen LogP) is 1.26. The number of ether oxygens (including phenoxy) is 1. The molecule has 0 unspecified atom stereocenters. The molecule has 0 heterocycles. The van der Waals surface area contributed by atoms with Crippen LogP contribution in [0.15, 0.2) is 48.5 Å². The Hall–Kier alpha value is -3.40. The van der Waals surface area contributed by atoms with Crippen LogP contribution in [0.2, 0.25) is 0 Å². The van der Waals surface area contributed by atoms with E-state index >= 15 is 0 Å². The molecule has 0 saturated heterocycles. The quantitative estimate of drug-likeness (QED) is 0.219. The molecule has 0 aliphatic heterocycles. The zero-order chi connectivity index (χ0) is 20.0. The fourth-order valence-electron chi connectivity index (χ4n) is 2.05. The topological polar surface area (TPSA) is 149 Å². The largest absolute Gasteiger partial charge is 0.423 e. The standard InChI is InChI=1S/C17H17N3O6S/c1-27(23,24)26-15(21)10-11-2-8-14(9-3-11)25-16(22)12-4-6-13(7-5-12)20-17(18)19/h2-9H,10H2,1H3,(H4,18,19,20). The summed E-state index contributed by atoms with van der Waals surface area (Å²) in [5.41, 5.74) is 6.58. The molecule has 2 rings (SSSR count). The Balaban J connectivity index is 1.96. The first-order chi connectivity index (χ1) is 12.6. The number of rotatable bonds is 6. The Labute approximate surface area is 155 Å². The molecule has 27 heavy (non-hydrogen) atoms. The van der Waals surface area contributed by atoms with Crippen LogP contribution in [0.4, 0.5) is 5.69 Å². The zero-order valence-electron chi connectivity index (χ0n) is 14.3. The highest BCUT2D eigenvalue weighted by atomic mass is 32.2. The number of hydrogen-bond donors (Lipinski definition) is 3. The van der Waals surface area contributed by atoms with E-state index in [-0.39, 0.29) is 18.1 Å². The van der Waals surface area contributed by atoms with Crippen molar-refractivity contribution < 1.29 is 26.9 Å². The molecule has 2 aromatic carbocycles. The summed E-state index contributed by atoms with van der Waals surface area (Å²) in [6.45, 7) is 0. The van der Waals surface area contributed by atoms with E-state index in [4.69, 9.17) is 15.9 Å². The molecule has 0 saturated carbocycles. The van der Waals surface area contributed by atoms with Gasteiger partial charge in [0.05, 0.1) is 18.2 Å². The summed E-state index contributed by atoms with van der Waals surface area (Å²) >= 11 is 0. The van der Waals surface area contributed by atoms with Gasteiger partial charge in [0, 0.05) is 5.69 Å². The number of benzene rings is 2. The Kier molecular flexibility index (Phi) is 6.14. The maximum Gasteiger partial charge on any atom is 0.343 e. The van der Waals surface area contributed by atoms with Crippen LogP contribution in [0.1, 0.15) is 15.9 Å². The van der Waals surface area contributed by atoms with Crippen molar-refractivity contribution in [3.63, 3.8) is 0 Å². The molecule has 0 radical (unpaired) electrons. The van der Waals surface area contributed by atoms with Crippen molar-refractivity contribution in [3.8, 4) is 5.75 Å². The highest BCUT2D eigenvalue weighted by Gasteiger charge is 2.13. The first-order valence-electron chi connectivity index (χ1n) is 7.57. The number of esters is 1. The summed E-state index contributed by atoms with van der Waals surface area (Å²) in [6, 6.07) is 12.2. The summed E-state index contributed by atoms with van der Waals surface area (Å²) in [4.78, 5) is 23.6. The van der Waals surface area contributed by atoms with Gasteiger partial charge in [-0.1, -0.05) is 12.1 Å². The first kappa shape index (κ1) is 19.9. The number of anilines is 1. The average molecular weight is 391 g/mol. The van der Waals surface area contributed by atoms with Gasteiger partial charge in [0.25, 0.3) is 0 Å². The lowest BCUT2D eigenvalue weighted by atomic mass is 10.1. The Bertz CT molecular complexity index is 953. The van der Waals surface area contributed by atoms with E-state index in [2.05, 4.69) is 9.50 Å². The average Bonchev–Trinajstić information content (AvgIpc) is 2.55. The van der Waals surface area contributed by atoms with Gasteiger partial charge in [-0.25, -0.2) is 4.79 Å². The number of carbonyl (C=O) groups excluding carboxylic acids is 2. The van der Waals surface area contributed by atoms with Gasteiger partial charge < -0.3 is 20.0 Å². The molecule has 0 atom stereocenters. The number of nitrogens with one attached hydrogen (secondary N) is 2. The van der Waals surface area contributed by atoms with Gasteiger partial charge in [0.15, 0.2) is 5.96 Å². The molecule has 0 amide bonds. The second-order valence-corrected chi connectivity index (χ2v) is 7.06. The smallest absolute Gasteiger partial charge is 0.343 e. The van der Waals surface area contributed by atoms with E-state index in [0.29, 0.717) is 16.8 Å². The van der Waals surface area contributed by atoms with Crippen molar-refractivity contribution in [3.05, 3.63) is 59.7 Å². The first-order valence-corrected chi connectivity index (χ1v) is 9.38. The Morgan fingerprint density at radius 2 is 1.67 bits per heavy atom. The minimum atomic E-state index is -3.85. The molecule has 0 fully saturated rings. The van der Waals surface area contributed by atoms with Gasteiger partial charge in [-0.3, -0.25) is 10.2 Å². The number of guanidine groups is 1. The van der Waals surface area contributed by atoms with Crippen LogP contribution in [0.25, 0.3) is 0 Å². The van der Waals surface area contributed by atoms with E-state index in [1.54, 1.807) is 12.1 Å². The Morgan fingerprint density at radius 3 is 2.19 bits per heavy atom. The second kappa shape index (κ2) is 8.32. The molecule has 2 aromatic rings. The van der Waals surface area contributed by atoms with Gasteiger partial charge in [0.2, 0.25) is 0 Å². The lowest BCUT2D eigenvalue weighted by Gasteiger charge is -2.07. The molecule has 0 bridgehead atoms. The highest BCUT2D eigenvalue weighted by Crippen LogP contribution is 2.16. The third kappa shape index (κ3) is 6.78. The van der Waals surface area contributed by atoms with Gasteiger partial charge in [-0.15, -0.1) is 0 Å². The Morgan fingerprint density at radius 1 is 1.07 bits per heavy atom. The van der Waals surface area contributed by atoms with E-state index in [0.717, 1.165) is 6.26 Å². The molecule has 0 aliphatic rings. The van der Waals surface area contributed by atoms with Crippen molar-refractivity contribution in [2.45, 2.75) is 6.42 Å². The van der Waals surface area contributed by atoms with E-state index < -0.39 is 22.1 Å². The monoisotopic (exact) mass is 391 g/mol. The fraction of sp³-hybridized carbons (Fsp3) is 0.118. The lowest BCUT2D eigenvalue weighted by Crippen LogP contribution is -2.20. The van der Waals surface area contributed by atoms with Gasteiger partial charge in [-0.05, 0) is 42.0 Å². The minimum absolute atomic E-state index is 0.217. The van der Waals surface area contributed by atoms with Crippen molar-refractivity contribution >= 4 is 33.7 Å². The van der Waals surface area contributed by atoms with E-state index in [1.165, 1.54) is 36.4 Å². The van der Waals surface area contributed by atoms with Crippen LogP contribution in [0.5, 0.6) is 5.75 Å². The number of hydrogen-bond acceptors (Lipinski definition) is 7. The van der Waals surface area contributed by atoms with Gasteiger partial charge in [0.1, 0.15) is 5.75 Å². The molecule has 0 aromatic heterocycles. The molecule has 9 nitrogen and oxygen atoms in total. The molecular weight excluding hydrogens is 374 g/mol. The third-order valence-corrected chi connectivity index (χ3v) is 3.61. The van der Waals surface area contributed by atoms with Gasteiger partial charge >= 0.3 is 22.1 Å². The third-order valence-electron chi connectivity index (χ3n) is 3.13. The van der Waals surface area contributed by atoms with Crippen molar-refractivity contribution in [1.29, 1.82) is 5.41 Å². The molecule has 0 spiro atoms. The van der Waals surface area contributed by atoms with Crippen LogP contribution >= 0.6 is 0 Å². The molecule has 4 N–H and O–H groups in total. The fourth-order valence-corrected chi connectivity index (χ4v) is 2.45. The van der Waals surface area contributed by atoms with Crippen molar-refractivity contribution in [2.24, 2.45) is 5.73 Å². The normalized spacial score (nSPS) is 10.7. The molecule has 0 aliphatic carbocycles. The summed E-state index contributed by atoms with van der Waals surface area (Å²) < 4.78 is 31.3. The van der Waals surface area contributed by atoms with E-state index in [1.807, 2.05) is 0 Å². The maximum atomic E-state index is 12.1. The van der Waals surface area contributed by atoms with Gasteiger partial charge in [-0.2, -0.15) is 8.42 Å². The van der Waals surface area contributed by atoms with Crippen LogP contribution < -0.4 is 15.8 Å². The maximum absolute atomic E-state index is 12.1. The summed E-state index contributed by atoms with van der Waals surface area (Å²) in [6.07, 6.45) is 0.558. The number of nitrogens with two attached hydrogens (primary N) is 1. The summed E-state index contributed by atoms with van der Waals surface area (Å²) in [7, 11) is -3.85. The SMILES string of the molecule is CS(=O)(=O)OC(=O)Cc1ccc(OC(=O)c2ccc(NC(=N)N)cc2)cc1. The van der Waals surface area contributed by atoms with Crippen LogP contribution in [-0.4, -0.2) is 32.6 Å². The summed E-state index contributed by atoms with van der Waals surface area (Å²) in [5, 5.41) is 9.73. The van der Waals surface area contributed by atoms with Crippen LogP contribution in [0.3, 0.4) is 0 Å². The molecule has 10 heteroatoms. The molecular formula is C17H17N3O6S. The van der Waals surface area contributed by atoms with Crippen LogP contribution in [-0.2, 0) is 25.5 Å². The van der Waals surface area contributed by atoms with Crippen molar-refractivity contribution in [2.75, 3.05) is 11.6 Å². The lowest BCUT2D eigenvalue weighted by molar-refractivity contribution is -0.133. The predicted molar refractivity (Wildman–Crippen MR) is 98.0 cm³/mol. The molecule has 142 valence electrons. The minimum Gasteiger partial charge on any atom is -0.423 e. The second-order valence-electron chi connectivity index (χ2n) is 5.49. The van der Waals surface area contributed by atoms with Crippen LogP contribution in [0, 0.1) is 5.41 Å². The van der Waals surface area contributed by atoms with Crippen molar-refractivity contribution in [1.82, 2.24) is 0 Å². The summed E-state index contributed by atoms with van der Waals surface area (Å²) in [5.74, 6) is -1.45. The highest BCUT2D eigenvalue weighted by molar-refractivity contribution is 7.86.